The Hall–Kier alpha value is -2.78. The summed E-state index contributed by atoms with van der Waals surface area (Å²) < 4.78 is 18.0. The molecule has 7 nitrogen and oxygen atoms in total. The molecule has 37 heavy (non-hydrogen) atoms. The van der Waals surface area contributed by atoms with Gasteiger partial charge in [0.25, 0.3) is 11.8 Å². The van der Waals surface area contributed by atoms with E-state index in [2.05, 4.69) is 0 Å². The van der Waals surface area contributed by atoms with Gasteiger partial charge in [-0.05, 0) is 74.3 Å². The van der Waals surface area contributed by atoms with Crippen molar-refractivity contribution in [1.82, 2.24) is 9.80 Å². The van der Waals surface area contributed by atoms with Crippen LogP contribution in [-0.2, 0) is 9.59 Å². The summed E-state index contributed by atoms with van der Waals surface area (Å²) in [6, 6.07) is 9.45. The lowest BCUT2D eigenvalue weighted by Gasteiger charge is -2.30. The first-order chi connectivity index (χ1) is 18.0. The number of fused-ring (bicyclic) bond motifs is 2. The summed E-state index contributed by atoms with van der Waals surface area (Å²) in [7, 11) is 1.57. The van der Waals surface area contributed by atoms with Crippen LogP contribution in [0.2, 0.25) is 0 Å². The number of thioether (sulfide) groups is 1. The monoisotopic (exact) mass is 538 g/mol. The molecule has 0 spiro atoms. The number of ether oxygens (including phenoxy) is 2. The van der Waals surface area contributed by atoms with Crippen molar-refractivity contribution < 1.29 is 23.5 Å². The van der Waals surface area contributed by atoms with Gasteiger partial charge in [-0.15, -0.1) is 0 Å². The molecule has 2 aliphatic heterocycles. The summed E-state index contributed by atoms with van der Waals surface area (Å²) in [4.78, 5) is 30.0. The van der Waals surface area contributed by atoms with Crippen molar-refractivity contribution in [3.8, 4) is 22.8 Å². The highest BCUT2D eigenvalue weighted by atomic mass is 32.2. The number of carbonyl (C=O) groups excluding carboxylic acids is 2. The summed E-state index contributed by atoms with van der Waals surface area (Å²) in [5, 5.41) is 0. The molecule has 194 valence electrons. The minimum absolute atomic E-state index is 0.00620. The largest absolute Gasteiger partial charge is 0.493 e. The van der Waals surface area contributed by atoms with E-state index in [4.69, 9.17) is 26.1 Å². The molecule has 1 aromatic carbocycles. The molecule has 2 bridgehead atoms. The first kappa shape index (κ1) is 24.6. The SMILES string of the molecule is COc1ccc(-c2ccc(C=C3SC(=S)N(C4CC5CCC4C5)C3=O)o2)cc1OCC(=O)N1CCCC1. The lowest BCUT2D eigenvalue weighted by molar-refractivity contribution is -0.132. The standard InChI is InChI=1S/C28H30N2O5S2/c1-33-23-8-6-19(14-24(23)34-16-26(31)29-10-2-3-11-29)22-9-7-20(35-22)15-25-27(32)30(28(36)37-25)21-13-17-4-5-18(21)12-17/h6-9,14-15,17-18,21H,2-5,10-13,16H2,1H3. The molecular weight excluding hydrogens is 508 g/mol. The minimum atomic E-state index is -0.0341. The molecule has 2 aromatic rings. The fraction of sp³-hybridized carbons (Fsp3) is 0.464. The predicted octanol–water partition coefficient (Wildman–Crippen LogP) is 5.35. The molecule has 2 amide bonds. The van der Waals surface area contributed by atoms with E-state index < -0.39 is 0 Å². The van der Waals surface area contributed by atoms with Gasteiger partial charge in [-0.1, -0.05) is 30.4 Å². The van der Waals surface area contributed by atoms with E-state index in [1.807, 2.05) is 34.1 Å². The van der Waals surface area contributed by atoms with Crippen molar-refractivity contribution in [2.75, 3.05) is 26.8 Å². The number of thiocarbonyl (C=S) groups is 1. The summed E-state index contributed by atoms with van der Waals surface area (Å²) in [6.07, 6.45) is 8.64. The maximum atomic E-state index is 13.2. The number of methoxy groups -OCH3 is 1. The van der Waals surface area contributed by atoms with Crippen LogP contribution in [0.15, 0.2) is 39.7 Å². The molecule has 0 N–H and O–H groups in total. The summed E-state index contributed by atoms with van der Waals surface area (Å²) in [6.45, 7) is 1.54. The highest BCUT2D eigenvalue weighted by Crippen LogP contribution is 2.49. The molecule has 3 heterocycles. The summed E-state index contributed by atoms with van der Waals surface area (Å²) in [5.74, 6) is 3.55. The van der Waals surface area contributed by atoms with Crippen molar-refractivity contribution in [1.29, 1.82) is 0 Å². The number of rotatable bonds is 7. The zero-order chi connectivity index (χ0) is 25.5. The van der Waals surface area contributed by atoms with Crippen LogP contribution >= 0.6 is 24.0 Å². The molecule has 2 aliphatic carbocycles. The van der Waals surface area contributed by atoms with Gasteiger partial charge >= 0.3 is 0 Å². The fourth-order valence-corrected chi connectivity index (χ4v) is 7.50. The first-order valence-electron chi connectivity index (χ1n) is 13.0. The summed E-state index contributed by atoms with van der Waals surface area (Å²) in [5.41, 5.74) is 0.790. The van der Waals surface area contributed by atoms with Crippen LogP contribution in [0.3, 0.4) is 0 Å². The van der Waals surface area contributed by atoms with Crippen molar-refractivity contribution in [2.24, 2.45) is 11.8 Å². The molecule has 4 aliphatic rings. The van der Waals surface area contributed by atoms with Crippen LogP contribution in [0.25, 0.3) is 17.4 Å². The number of likely N-dealkylation sites (tertiary alicyclic amines) is 1. The van der Waals surface area contributed by atoms with Crippen molar-refractivity contribution >= 4 is 46.2 Å². The average Bonchev–Trinajstić information content (AvgIpc) is 3.73. The fourth-order valence-electron chi connectivity index (χ4n) is 6.15. The van der Waals surface area contributed by atoms with Crippen molar-refractivity contribution in [2.45, 2.75) is 44.6 Å². The minimum Gasteiger partial charge on any atom is -0.493 e. The molecule has 3 unspecified atom stereocenters. The van der Waals surface area contributed by atoms with E-state index >= 15 is 0 Å². The molecule has 4 fully saturated rings. The predicted molar refractivity (Wildman–Crippen MR) is 146 cm³/mol. The third kappa shape index (κ3) is 4.79. The second kappa shape index (κ2) is 10.2. The first-order valence-corrected chi connectivity index (χ1v) is 14.2. The molecule has 1 aromatic heterocycles. The Bertz CT molecular complexity index is 1270. The van der Waals surface area contributed by atoms with Crippen LogP contribution < -0.4 is 9.47 Å². The van der Waals surface area contributed by atoms with Gasteiger partial charge < -0.3 is 18.8 Å². The Morgan fingerprint density at radius 1 is 1.16 bits per heavy atom. The van der Waals surface area contributed by atoms with E-state index in [-0.39, 0.29) is 24.5 Å². The molecule has 0 radical (unpaired) electrons. The van der Waals surface area contributed by atoms with E-state index in [1.54, 1.807) is 19.3 Å². The van der Waals surface area contributed by atoms with Crippen LogP contribution in [-0.4, -0.2) is 58.8 Å². The molecule has 6 rings (SSSR count). The van der Waals surface area contributed by atoms with Gasteiger partial charge in [0.1, 0.15) is 15.8 Å². The number of amides is 2. The number of benzene rings is 1. The Morgan fingerprint density at radius 2 is 2.00 bits per heavy atom. The molecule has 3 atom stereocenters. The van der Waals surface area contributed by atoms with Crippen LogP contribution in [0, 0.1) is 11.8 Å². The smallest absolute Gasteiger partial charge is 0.266 e. The lowest BCUT2D eigenvalue weighted by atomic mass is 9.94. The average molecular weight is 539 g/mol. The van der Waals surface area contributed by atoms with Crippen LogP contribution in [0.1, 0.15) is 44.3 Å². The third-order valence-corrected chi connectivity index (χ3v) is 9.34. The molecule has 2 saturated heterocycles. The van der Waals surface area contributed by atoms with E-state index in [9.17, 15) is 9.59 Å². The van der Waals surface area contributed by atoms with Gasteiger partial charge in [-0.2, -0.15) is 0 Å². The third-order valence-electron chi connectivity index (χ3n) is 8.01. The van der Waals surface area contributed by atoms with Gasteiger partial charge in [-0.3, -0.25) is 14.5 Å². The van der Waals surface area contributed by atoms with E-state index in [0.717, 1.165) is 43.8 Å². The van der Waals surface area contributed by atoms with Crippen LogP contribution in [0.4, 0.5) is 0 Å². The van der Waals surface area contributed by atoms with Crippen molar-refractivity contribution in [3.05, 3.63) is 41.0 Å². The van der Waals surface area contributed by atoms with Gasteiger partial charge in [0.2, 0.25) is 0 Å². The van der Waals surface area contributed by atoms with Gasteiger partial charge in [0.05, 0.1) is 12.0 Å². The number of hydrogen-bond acceptors (Lipinski definition) is 7. The maximum absolute atomic E-state index is 13.2. The van der Waals surface area contributed by atoms with Gasteiger partial charge in [0, 0.05) is 30.8 Å². The Morgan fingerprint density at radius 3 is 2.73 bits per heavy atom. The second-order valence-electron chi connectivity index (χ2n) is 10.2. The quantitative estimate of drug-likeness (QED) is 0.348. The Kier molecular flexibility index (Phi) is 6.75. The second-order valence-corrected chi connectivity index (χ2v) is 11.9. The number of furan rings is 1. The highest BCUT2D eigenvalue weighted by molar-refractivity contribution is 8.26. The Balaban J connectivity index is 1.17. The normalized spacial score (nSPS) is 26.1. The highest BCUT2D eigenvalue weighted by Gasteiger charge is 2.48. The number of hydrogen-bond donors (Lipinski definition) is 0. The zero-order valence-electron chi connectivity index (χ0n) is 20.8. The van der Waals surface area contributed by atoms with Gasteiger partial charge in [-0.25, -0.2) is 0 Å². The van der Waals surface area contributed by atoms with Crippen LogP contribution in [0.5, 0.6) is 11.5 Å². The Labute approximate surface area is 226 Å². The number of nitrogens with zero attached hydrogens (tertiary/aromatic N) is 2. The molecule has 2 saturated carbocycles. The number of carbonyl (C=O) groups is 2. The molecule has 9 heteroatoms. The maximum Gasteiger partial charge on any atom is 0.266 e. The van der Waals surface area contributed by atoms with E-state index in [1.165, 1.54) is 31.0 Å². The topological polar surface area (TPSA) is 72.2 Å². The lowest BCUT2D eigenvalue weighted by Crippen LogP contribution is -2.41. The van der Waals surface area contributed by atoms with E-state index in [0.29, 0.717) is 38.2 Å². The summed E-state index contributed by atoms with van der Waals surface area (Å²) >= 11 is 6.96. The zero-order valence-corrected chi connectivity index (χ0v) is 22.4. The van der Waals surface area contributed by atoms with Crippen molar-refractivity contribution in [3.63, 3.8) is 0 Å². The van der Waals surface area contributed by atoms with Gasteiger partial charge in [0.15, 0.2) is 18.1 Å². The molecular formula is C28H30N2O5S2.